The molecule has 0 aromatic heterocycles. The minimum atomic E-state index is -0.676. The number of hydrogen-bond acceptors (Lipinski definition) is 5. The molecule has 6 heteroatoms. The van der Waals surface area contributed by atoms with Crippen LogP contribution >= 0.6 is 0 Å². The molecule has 6 nitrogen and oxygen atoms in total. The summed E-state index contributed by atoms with van der Waals surface area (Å²) in [6, 6.07) is 15.3. The van der Waals surface area contributed by atoms with E-state index in [4.69, 9.17) is 9.47 Å². The summed E-state index contributed by atoms with van der Waals surface area (Å²) >= 11 is 0. The van der Waals surface area contributed by atoms with Crippen molar-refractivity contribution in [3.8, 4) is 5.75 Å². The number of likely N-dealkylation sites (tertiary alicyclic amines) is 1. The highest BCUT2D eigenvalue weighted by molar-refractivity contribution is 6.46. The fourth-order valence-corrected chi connectivity index (χ4v) is 3.96. The molecule has 1 amide bonds. The number of methoxy groups -OCH3 is 1. The van der Waals surface area contributed by atoms with Gasteiger partial charge in [0.2, 0.25) is 0 Å². The lowest BCUT2D eigenvalue weighted by Gasteiger charge is -2.27. The SMILES string of the molecule is COc1ccc([C@@H]2/C(=C(\O)c3ccccc3)C(=O)C(=O)N2C[C@H]2CCCO2)cc1. The van der Waals surface area contributed by atoms with E-state index in [0.29, 0.717) is 24.5 Å². The first-order valence-electron chi connectivity index (χ1n) is 9.69. The highest BCUT2D eigenvalue weighted by atomic mass is 16.5. The second-order valence-corrected chi connectivity index (χ2v) is 7.23. The number of hydrogen-bond donors (Lipinski definition) is 1. The third kappa shape index (κ3) is 3.63. The first kappa shape index (κ1) is 19.2. The van der Waals surface area contributed by atoms with Crippen LogP contribution in [0.3, 0.4) is 0 Å². The number of carbonyl (C=O) groups is 2. The predicted octanol–water partition coefficient (Wildman–Crippen LogP) is 3.30. The van der Waals surface area contributed by atoms with E-state index in [9.17, 15) is 14.7 Å². The Balaban J connectivity index is 1.80. The van der Waals surface area contributed by atoms with Gasteiger partial charge in [-0.2, -0.15) is 0 Å². The van der Waals surface area contributed by atoms with E-state index in [0.717, 1.165) is 18.4 Å². The zero-order chi connectivity index (χ0) is 20.4. The van der Waals surface area contributed by atoms with Crippen molar-refractivity contribution in [3.63, 3.8) is 0 Å². The summed E-state index contributed by atoms with van der Waals surface area (Å²) in [7, 11) is 1.58. The molecule has 2 atom stereocenters. The smallest absolute Gasteiger partial charge is 0.295 e. The molecular formula is C23H23NO5. The van der Waals surface area contributed by atoms with Crippen LogP contribution in [-0.2, 0) is 14.3 Å². The minimum absolute atomic E-state index is 0.101. The maximum absolute atomic E-state index is 12.9. The first-order chi connectivity index (χ1) is 14.1. The van der Waals surface area contributed by atoms with Gasteiger partial charge in [-0.25, -0.2) is 0 Å². The van der Waals surface area contributed by atoms with Crippen LogP contribution in [0.4, 0.5) is 0 Å². The Morgan fingerprint density at radius 3 is 2.48 bits per heavy atom. The van der Waals surface area contributed by atoms with Crippen LogP contribution < -0.4 is 4.74 Å². The van der Waals surface area contributed by atoms with Crippen LogP contribution in [0, 0.1) is 0 Å². The van der Waals surface area contributed by atoms with E-state index in [1.54, 1.807) is 43.5 Å². The Morgan fingerprint density at radius 2 is 1.86 bits per heavy atom. The van der Waals surface area contributed by atoms with Gasteiger partial charge in [0, 0.05) is 18.7 Å². The van der Waals surface area contributed by atoms with Crippen molar-refractivity contribution < 1.29 is 24.2 Å². The summed E-state index contributed by atoms with van der Waals surface area (Å²) in [4.78, 5) is 27.4. The molecule has 2 aromatic carbocycles. The van der Waals surface area contributed by atoms with Gasteiger partial charge >= 0.3 is 0 Å². The fraction of sp³-hybridized carbons (Fsp3) is 0.304. The topological polar surface area (TPSA) is 76.1 Å². The summed E-state index contributed by atoms with van der Waals surface area (Å²) < 4.78 is 10.9. The Labute approximate surface area is 169 Å². The molecule has 0 aliphatic carbocycles. The van der Waals surface area contributed by atoms with Crippen molar-refractivity contribution in [3.05, 3.63) is 71.3 Å². The third-order valence-electron chi connectivity index (χ3n) is 5.44. The zero-order valence-electron chi connectivity index (χ0n) is 16.2. The molecule has 0 spiro atoms. The van der Waals surface area contributed by atoms with Gasteiger partial charge in [0.1, 0.15) is 11.5 Å². The number of amides is 1. The number of ketones is 1. The summed E-state index contributed by atoms with van der Waals surface area (Å²) in [5.74, 6) is -0.781. The molecule has 2 heterocycles. The summed E-state index contributed by atoms with van der Waals surface area (Å²) in [6.07, 6.45) is 1.67. The summed E-state index contributed by atoms with van der Waals surface area (Å²) in [6.45, 7) is 0.971. The first-order valence-corrected chi connectivity index (χ1v) is 9.69. The van der Waals surface area contributed by atoms with E-state index < -0.39 is 17.7 Å². The van der Waals surface area contributed by atoms with Crippen LogP contribution in [0.2, 0.25) is 0 Å². The van der Waals surface area contributed by atoms with E-state index >= 15 is 0 Å². The van der Waals surface area contributed by atoms with Gasteiger partial charge in [-0.1, -0.05) is 42.5 Å². The molecule has 150 valence electrons. The van der Waals surface area contributed by atoms with Crippen molar-refractivity contribution >= 4 is 17.4 Å². The Kier molecular flexibility index (Phi) is 5.36. The van der Waals surface area contributed by atoms with Gasteiger partial charge < -0.3 is 19.5 Å². The van der Waals surface area contributed by atoms with Gasteiger partial charge in [-0.05, 0) is 30.5 Å². The number of rotatable bonds is 5. The maximum Gasteiger partial charge on any atom is 0.295 e. The van der Waals surface area contributed by atoms with Crippen LogP contribution in [0.5, 0.6) is 5.75 Å². The van der Waals surface area contributed by atoms with Crippen LogP contribution in [0.1, 0.15) is 30.0 Å². The number of benzene rings is 2. The molecule has 2 aliphatic heterocycles. The lowest BCUT2D eigenvalue weighted by molar-refractivity contribution is -0.140. The normalized spacial score (nSPS) is 23.6. The Bertz CT molecular complexity index is 930. The molecule has 0 unspecified atom stereocenters. The van der Waals surface area contributed by atoms with E-state index in [1.807, 2.05) is 18.2 Å². The van der Waals surface area contributed by atoms with Crippen LogP contribution in [-0.4, -0.2) is 48.1 Å². The lowest BCUT2D eigenvalue weighted by Crippen LogP contribution is -2.36. The molecule has 29 heavy (non-hydrogen) atoms. The molecule has 0 saturated carbocycles. The Morgan fingerprint density at radius 1 is 1.14 bits per heavy atom. The molecular weight excluding hydrogens is 370 g/mol. The standard InChI is InChI=1S/C23H23NO5/c1-28-17-11-9-15(10-12-17)20-19(21(25)16-6-3-2-4-7-16)22(26)23(27)24(20)14-18-8-5-13-29-18/h2-4,6-7,9-12,18,20,25H,5,8,13-14H2,1H3/b21-19+/t18-,20-/m1/s1. The van der Waals surface area contributed by atoms with E-state index in [-0.39, 0.29) is 17.4 Å². The fourth-order valence-electron chi connectivity index (χ4n) is 3.96. The maximum atomic E-state index is 12.9. The third-order valence-corrected chi connectivity index (χ3v) is 5.44. The molecule has 4 rings (SSSR count). The van der Waals surface area contributed by atoms with Crippen molar-refractivity contribution in [2.75, 3.05) is 20.3 Å². The number of nitrogens with zero attached hydrogens (tertiary/aromatic N) is 1. The molecule has 2 aliphatic rings. The van der Waals surface area contributed by atoms with Gasteiger partial charge in [-0.3, -0.25) is 9.59 Å². The highest BCUT2D eigenvalue weighted by Gasteiger charge is 2.47. The Hall–Kier alpha value is -3.12. The zero-order valence-corrected chi connectivity index (χ0v) is 16.2. The van der Waals surface area contributed by atoms with Crippen LogP contribution in [0.25, 0.3) is 5.76 Å². The molecule has 2 saturated heterocycles. The lowest BCUT2D eigenvalue weighted by atomic mass is 9.95. The number of carbonyl (C=O) groups excluding carboxylic acids is 2. The molecule has 1 N–H and O–H groups in total. The summed E-state index contributed by atoms with van der Waals surface area (Å²) in [5, 5.41) is 10.9. The molecule has 0 bridgehead atoms. The van der Waals surface area contributed by atoms with Gasteiger partial charge in [0.05, 0.1) is 24.8 Å². The second kappa shape index (κ2) is 8.09. The highest BCUT2D eigenvalue weighted by Crippen LogP contribution is 2.40. The number of aliphatic hydroxyl groups is 1. The molecule has 2 aromatic rings. The number of aliphatic hydroxyl groups excluding tert-OH is 1. The summed E-state index contributed by atoms with van der Waals surface area (Å²) in [5.41, 5.74) is 1.34. The van der Waals surface area contributed by atoms with E-state index in [2.05, 4.69) is 0 Å². The monoisotopic (exact) mass is 393 g/mol. The van der Waals surface area contributed by atoms with Crippen molar-refractivity contribution in [1.82, 2.24) is 4.90 Å². The minimum Gasteiger partial charge on any atom is -0.507 e. The number of ether oxygens (including phenoxy) is 2. The second-order valence-electron chi connectivity index (χ2n) is 7.23. The van der Waals surface area contributed by atoms with Gasteiger partial charge in [0.25, 0.3) is 11.7 Å². The van der Waals surface area contributed by atoms with Crippen molar-refractivity contribution in [2.24, 2.45) is 0 Å². The largest absolute Gasteiger partial charge is 0.507 e. The predicted molar refractivity (Wildman–Crippen MR) is 107 cm³/mol. The quantitative estimate of drug-likeness (QED) is 0.479. The number of Topliss-reactive ketones (excluding diaryl/α,β-unsaturated/α-hetero) is 1. The molecule has 2 fully saturated rings. The molecule has 0 radical (unpaired) electrons. The van der Waals surface area contributed by atoms with Gasteiger partial charge in [-0.15, -0.1) is 0 Å². The van der Waals surface area contributed by atoms with Crippen molar-refractivity contribution in [2.45, 2.75) is 25.0 Å². The van der Waals surface area contributed by atoms with Crippen LogP contribution in [0.15, 0.2) is 60.2 Å². The average Bonchev–Trinajstić information content (AvgIpc) is 3.36. The average molecular weight is 393 g/mol. The van der Waals surface area contributed by atoms with Crippen molar-refractivity contribution in [1.29, 1.82) is 0 Å². The van der Waals surface area contributed by atoms with Gasteiger partial charge in [0.15, 0.2) is 0 Å². The van der Waals surface area contributed by atoms with E-state index in [1.165, 1.54) is 4.90 Å².